The number of hydrogen-bond donors (Lipinski definition) is 0. The number of ether oxygens (including phenoxy) is 1. The highest BCUT2D eigenvalue weighted by Gasteiger charge is 2.37. The summed E-state index contributed by atoms with van der Waals surface area (Å²) < 4.78 is 10.9. The van der Waals surface area contributed by atoms with Gasteiger partial charge in [-0.15, -0.1) is 0 Å². The van der Waals surface area contributed by atoms with Gasteiger partial charge in [0.2, 0.25) is 0 Å². The Morgan fingerprint density at radius 1 is 1.33 bits per heavy atom. The van der Waals surface area contributed by atoms with Crippen LogP contribution in [0.4, 0.5) is 0 Å². The van der Waals surface area contributed by atoms with Gasteiger partial charge in [0.15, 0.2) is 8.32 Å². The van der Waals surface area contributed by atoms with Crippen molar-refractivity contribution in [2.75, 3.05) is 13.2 Å². The molecule has 0 aromatic heterocycles. The van der Waals surface area contributed by atoms with Crippen LogP contribution in [0.5, 0.6) is 0 Å². The lowest BCUT2D eigenvalue weighted by Crippen LogP contribution is -2.41. The lowest BCUT2D eigenvalue weighted by molar-refractivity contribution is -0.137. The lowest BCUT2D eigenvalue weighted by Gasteiger charge is -2.36. The Kier molecular flexibility index (Phi) is 6.85. The Hall–Kier alpha value is -0.613. The van der Waals surface area contributed by atoms with Gasteiger partial charge in [-0.2, -0.15) is 0 Å². The van der Waals surface area contributed by atoms with Crippen LogP contribution < -0.4 is 0 Å². The third-order valence-corrected chi connectivity index (χ3v) is 7.86. The van der Waals surface area contributed by atoms with E-state index >= 15 is 0 Å². The minimum Gasteiger partial charge on any atom is -0.463 e. The third kappa shape index (κ3) is 6.35. The number of carbonyl (C=O) groups is 1. The molecule has 0 fully saturated rings. The molecule has 0 rings (SSSR count). The standard InChI is InChI=1S/C14H28O3Si/c1-8-16-13(15)10-9-12(2)11-17-18(6,7)14(3,4)5/h9-10,12H,8,11H2,1-7H3/b10-9+/t12-/m1/s1. The lowest BCUT2D eigenvalue weighted by atomic mass is 10.2. The van der Waals surface area contributed by atoms with Crippen molar-refractivity contribution in [1.29, 1.82) is 0 Å². The van der Waals surface area contributed by atoms with Gasteiger partial charge in [0.1, 0.15) is 0 Å². The van der Waals surface area contributed by atoms with E-state index in [0.29, 0.717) is 13.2 Å². The van der Waals surface area contributed by atoms with E-state index in [-0.39, 0.29) is 16.9 Å². The monoisotopic (exact) mass is 272 g/mol. The van der Waals surface area contributed by atoms with E-state index in [1.54, 1.807) is 6.92 Å². The Bertz CT molecular complexity index is 290. The number of carbonyl (C=O) groups excluding carboxylic acids is 1. The molecule has 3 nitrogen and oxygen atoms in total. The predicted octanol–water partition coefficient (Wildman–Crippen LogP) is 3.76. The quantitative estimate of drug-likeness (QED) is 0.419. The van der Waals surface area contributed by atoms with E-state index in [9.17, 15) is 4.79 Å². The second kappa shape index (κ2) is 7.09. The van der Waals surface area contributed by atoms with Crippen LogP contribution in [0.2, 0.25) is 18.1 Å². The van der Waals surface area contributed by atoms with Gasteiger partial charge < -0.3 is 9.16 Å². The first-order chi connectivity index (χ1) is 8.10. The van der Waals surface area contributed by atoms with E-state index < -0.39 is 8.32 Å². The van der Waals surface area contributed by atoms with E-state index in [4.69, 9.17) is 9.16 Å². The maximum atomic E-state index is 11.2. The van der Waals surface area contributed by atoms with Gasteiger partial charge in [-0.05, 0) is 31.0 Å². The summed E-state index contributed by atoms with van der Waals surface area (Å²) >= 11 is 0. The normalized spacial score (nSPS) is 14.8. The minimum absolute atomic E-state index is 0.220. The Morgan fingerprint density at radius 2 is 1.89 bits per heavy atom. The van der Waals surface area contributed by atoms with Crippen molar-refractivity contribution < 1.29 is 14.0 Å². The topological polar surface area (TPSA) is 35.5 Å². The van der Waals surface area contributed by atoms with Crippen LogP contribution in [-0.4, -0.2) is 27.5 Å². The molecule has 0 aromatic carbocycles. The van der Waals surface area contributed by atoms with Crippen molar-refractivity contribution >= 4 is 14.3 Å². The Balaban J connectivity index is 4.19. The Morgan fingerprint density at radius 3 is 2.33 bits per heavy atom. The highest BCUT2D eigenvalue weighted by Crippen LogP contribution is 2.36. The fourth-order valence-corrected chi connectivity index (χ4v) is 2.16. The molecule has 0 unspecified atom stereocenters. The van der Waals surface area contributed by atoms with Gasteiger partial charge in [-0.25, -0.2) is 4.79 Å². The molecule has 0 aliphatic carbocycles. The first-order valence-electron chi connectivity index (χ1n) is 6.59. The summed E-state index contributed by atoms with van der Waals surface area (Å²) in [6, 6.07) is 0. The van der Waals surface area contributed by atoms with E-state index in [0.717, 1.165) is 0 Å². The van der Waals surface area contributed by atoms with Crippen molar-refractivity contribution in [2.24, 2.45) is 5.92 Å². The van der Waals surface area contributed by atoms with Crippen LogP contribution in [0.25, 0.3) is 0 Å². The van der Waals surface area contributed by atoms with Gasteiger partial charge in [0, 0.05) is 12.7 Å². The van der Waals surface area contributed by atoms with Crippen molar-refractivity contribution in [3.63, 3.8) is 0 Å². The molecular formula is C14H28O3Si. The molecule has 0 heterocycles. The van der Waals surface area contributed by atoms with Gasteiger partial charge in [-0.1, -0.05) is 33.8 Å². The molecule has 0 aromatic rings. The molecular weight excluding hydrogens is 244 g/mol. The summed E-state index contributed by atoms with van der Waals surface area (Å²) in [6.07, 6.45) is 3.34. The van der Waals surface area contributed by atoms with Gasteiger partial charge in [-0.3, -0.25) is 0 Å². The molecule has 0 saturated carbocycles. The highest BCUT2D eigenvalue weighted by atomic mass is 28.4. The van der Waals surface area contributed by atoms with Crippen molar-refractivity contribution in [2.45, 2.75) is 52.8 Å². The Labute approximate surface area is 113 Å². The minimum atomic E-state index is -1.69. The van der Waals surface area contributed by atoms with Crippen molar-refractivity contribution in [3.8, 4) is 0 Å². The summed E-state index contributed by atoms with van der Waals surface area (Å²) in [4.78, 5) is 11.2. The molecule has 0 bridgehead atoms. The second-order valence-electron chi connectivity index (χ2n) is 6.16. The van der Waals surface area contributed by atoms with Crippen LogP contribution in [0.3, 0.4) is 0 Å². The van der Waals surface area contributed by atoms with Gasteiger partial charge in [0.05, 0.1) is 6.61 Å². The maximum absolute atomic E-state index is 11.2. The van der Waals surface area contributed by atoms with Crippen molar-refractivity contribution in [1.82, 2.24) is 0 Å². The summed E-state index contributed by atoms with van der Waals surface area (Å²) in [7, 11) is -1.69. The zero-order valence-electron chi connectivity index (χ0n) is 12.9. The molecule has 0 spiro atoms. The number of esters is 1. The molecule has 0 aliphatic rings. The predicted molar refractivity (Wildman–Crippen MR) is 78.1 cm³/mol. The summed E-state index contributed by atoms with van der Waals surface area (Å²) in [5.41, 5.74) is 0. The average molecular weight is 272 g/mol. The molecule has 0 aliphatic heterocycles. The number of hydrogen-bond acceptors (Lipinski definition) is 3. The first-order valence-corrected chi connectivity index (χ1v) is 9.50. The third-order valence-electron chi connectivity index (χ3n) is 3.36. The fraction of sp³-hybridized carbons (Fsp3) is 0.786. The average Bonchev–Trinajstić information content (AvgIpc) is 2.22. The van der Waals surface area contributed by atoms with Crippen LogP contribution in [-0.2, 0) is 14.0 Å². The molecule has 4 heteroatoms. The molecule has 0 radical (unpaired) electrons. The number of rotatable bonds is 6. The SMILES string of the molecule is CCOC(=O)/C=C/[C@@H](C)CO[Si](C)(C)C(C)(C)C. The van der Waals surface area contributed by atoms with E-state index in [1.165, 1.54) is 6.08 Å². The van der Waals surface area contributed by atoms with Crippen LogP contribution in [0, 0.1) is 5.92 Å². The van der Waals surface area contributed by atoms with Crippen LogP contribution in [0.15, 0.2) is 12.2 Å². The van der Waals surface area contributed by atoms with Crippen LogP contribution in [0.1, 0.15) is 34.6 Å². The molecule has 0 N–H and O–H groups in total. The molecule has 18 heavy (non-hydrogen) atoms. The smallest absolute Gasteiger partial charge is 0.330 e. The van der Waals surface area contributed by atoms with E-state index in [1.807, 2.05) is 13.0 Å². The van der Waals surface area contributed by atoms with Crippen molar-refractivity contribution in [3.05, 3.63) is 12.2 Å². The van der Waals surface area contributed by atoms with E-state index in [2.05, 4.69) is 33.9 Å². The highest BCUT2D eigenvalue weighted by molar-refractivity contribution is 6.74. The summed E-state index contributed by atoms with van der Waals surface area (Å²) in [5, 5.41) is 0.220. The summed E-state index contributed by atoms with van der Waals surface area (Å²) in [6.45, 7) is 16.0. The zero-order valence-corrected chi connectivity index (χ0v) is 13.9. The molecule has 0 amide bonds. The van der Waals surface area contributed by atoms with Gasteiger partial charge >= 0.3 is 5.97 Å². The molecule has 0 saturated heterocycles. The fourth-order valence-electron chi connectivity index (χ4n) is 1.05. The first kappa shape index (κ1) is 17.4. The summed E-state index contributed by atoms with van der Waals surface area (Å²) in [5.74, 6) is -0.0554. The largest absolute Gasteiger partial charge is 0.463 e. The molecule has 106 valence electrons. The van der Waals surface area contributed by atoms with Gasteiger partial charge in [0.25, 0.3) is 0 Å². The molecule has 1 atom stereocenters. The second-order valence-corrected chi connectivity index (χ2v) is 11.0. The maximum Gasteiger partial charge on any atom is 0.330 e. The van der Waals surface area contributed by atoms with Crippen LogP contribution >= 0.6 is 0 Å². The zero-order chi connectivity index (χ0) is 14.4.